The third-order valence-corrected chi connectivity index (χ3v) is 6.22. The molecule has 5 rings (SSSR count). The first-order chi connectivity index (χ1) is 15.2. The summed E-state index contributed by atoms with van der Waals surface area (Å²) >= 11 is 0. The van der Waals surface area contributed by atoms with Crippen LogP contribution >= 0.6 is 7.82 Å². The van der Waals surface area contributed by atoms with Crippen LogP contribution in [0, 0.1) is 0 Å². The Morgan fingerprint density at radius 2 is 1.47 bits per heavy atom. The Hall–Kier alpha value is -2.61. The highest BCUT2D eigenvalue weighted by Crippen LogP contribution is 2.38. The molecule has 4 aliphatic rings. The van der Waals surface area contributed by atoms with Crippen molar-refractivity contribution in [1.82, 2.24) is 14.7 Å². The van der Waals surface area contributed by atoms with Crippen molar-refractivity contribution in [1.29, 1.82) is 0 Å². The Balaban J connectivity index is 0.000000155. The minimum absolute atomic E-state index is 0.00546. The molecule has 3 heterocycles. The number of nitrogens with zero attached hydrogens (tertiary/aromatic N) is 3. The van der Waals surface area contributed by atoms with Crippen LogP contribution in [0.1, 0.15) is 31.7 Å². The fourth-order valence-corrected chi connectivity index (χ4v) is 3.90. The van der Waals surface area contributed by atoms with Crippen LogP contribution in [0.4, 0.5) is 0 Å². The van der Waals surface area contributed by atoms with Gasteiger partial charge in [-0.05, 0) is 30.0 Å². The van der Waals surface area contributed by atoms with Gasteiger partial charge in [-0.25, -0.2) is 4.57 Å². The molecule has 1 atom stereocenters. The lowest BCUT2D eigenvalue weighted by molar-refractivity contribution is -0.117. The second-order valence-corrected chi connectivity index (χ2v) is 9.51. The number of Topliss-reactive ketones (excluding diaryl/α,β-unsaturated/α-hetero) is 1. The van der Waals surface area contributed by atoms with E-state index in [2.05, 4.69) is 18.4 Å². The van der Waals surface area contributed by atoms with E-state index in [0.717, 1.165) is 51.3 Å². The fourth-order valence-electron chi connectivity index (χ4n) is 3.51. The van der Waals surface area contributed by atoms with Crippen LogP contribution < -0.4 is 4.52 Å². The number of phosphoric acid groups is 1. The number of carbonyl (C=O) groups is 2. The lowest BCUT2D eigenvalue weighted by Crippen LogP contribution is -2.29. The SMILES string of the molecule is CCC(C)c1ccc(OP(=O)(O)O)cc1.O=C1C=C(N2CC2)C(=O)C(N2CC2)=C1N1CC1. The zero-order valence-corrected chi connectivity index (χ0v) is 19.1. The number of phosphoric ester groups is 1. The predicted molar refractivity (Wildman–Crippen MR) is 118 cm³/mol. The average molecular weight is 461 g/mol. The van der Waals surface area contributed by atoms with E-state index < -0.39 is 7.82 Å². The number of allylic oxidation sites excluding steroid dienone is 1. The second kappa shape index (κ2) is 8.73. The van der Waals surface area contributed by atoms with Crippen molar-refractivity contribution < 1.29 is 28.5 Å². The Kier molecular flexibility index (Phi) is 6.16. The third kappa shape index (κ3) is 5.41. The first-order valence-electron chi connectivity index (χ1n) is 10.8. The van der Waals surface area contributed by atoms with Gasteiger partial charge in [-0.3, -0.25) is 19.4 Å². The zero-order chi connectivity index (χ0) is 23.0. The van der Waals surface area contributed by atoms with Crippen molar-refractivity contribution in [3.05, 3.63) is 53.0 Å². The Labute approximate surface area is 187 Å². The summed E-state index contributed by atoms with van der Waals surface area (Å²) in [6.07, 6.45) is 2.55. The van der Waals surface area contributed by atoms with Gasteiger partial charge in [-0.1, -0.05) is 26.0 Å². The van der Waals surface area contributed by atoms with Gasteiger partial charge in [-0.15, -0.1) is 0 Å². The zero-order valence-electron chi connectivity index (χ0n) is 18.2. The second-order valence-electron chi connectivity index (χ2n) is 8.34. The molecule has 0 spiro atoms. The maximum Gasteiger partial charge on any atom is 0.524 e. The Morgan fingerprint density at radius 3 is 1.94 bits per heavy atom. The molecule has 3 saturated heterocycles. The number of hydrogen-bond donors (Lipinski definition) is 2. The van der Waals surface area contributed by atoms with E-state index >= 15 is 0 Å². The number of hydrogen-bond acceptors (Lipinski definition) is 7. The van der Waals surface area contributed by atoms with Crippen molar-refractivity contribution >= 4 is 19.4 Å². The van der Waals surface area contributed by atoms with Crippen molar-refractivity contribution in [2.24, 2.45) is 0 Å². The van der Waals surface area contributed by atoms with Gasteiger partial charge in [-0.2, -0.15) is 0 Å². The molecule has 0 saturated carbocycles. The van der Waals surface area contributed by atoms with Gasteiger partial charge in [0, 0.05) is 45.3 Å². The molecule has 2 N–H and O–H groups in total. The molecule has 0 radical (unpaired) electrons. The van der Waals surface area contributed by atoms with Gasteiger partial charge >= 0.3 is 7.82 Å². The largest absolute Gasteiger partial charge is 0.524 e. The first kappa shape index (κ1) is 22.6. The number of ketones is 2. The molecule has 3 fully saturated rings. The van der Waals surface area contributed by atoms with E-state index in [-0.39, 0.29) is 17.3 Å². The predicted octanol–water partition coefficient (Wildman–Crippen LogP) is 1.85. The normalized spacial score (nSPS) is 20.5. The van der Waals surface area contributed by atoms with Gasteiger partial charge in [0.25, 0.3) is 0 Å². The minimum Gasteiger partial charge on any atom is -0.404 e. The minimum atomic E-state index is -4.43. The quantitative estimate of drug-likeness (QED) is 0.357. The molecular formula is C22H28N3O6P. The summed E-state index contributed by atoms with van der Waals surface area (Å²) in [5.74, 6) is 0.678. The fraction of sp³-hybridized carbons (Fsp3) is 0.455. The number of benzene rings is 1. The Bertz CT molecular complexity index is 1020. The van der Waals surface area contributed by atoms with Crippen LogP contribution in [0.2, 0.25) is 0 Å². The van der Waals surface area contributed by atoms with Gasteiger partial charge < -0.3 is 19.2 Å². The summed E-state index contributed by atoms with van der Waals surface area (Å²) in [6.45, 7) is 9.59. The molecule has 9 nitrogen and oxygen atoms in total. The van der Waals surface area contributed by atoms with E-state index in [1.165, 1.54) is 6.08 Å². The molecule has 0 amide bonds. The van der Waals surface area contributed by atoms with Crippen molar-refractivity contribution in [2.45, 2.75) is 26.2 Å². The lowest BCUT2D eigenvalue weighted by atomic mass is 9.99. The van der Waals surface area contributed by atoms with Crippen LogP contribution in [0.3, 0.4) is 0 Å². The highest BCUT2D eigenvalue weighted by molar-refractivity contribution is 7.46. The van der Waals surface area contributed by atoms with E-state index in [4.69, 9.17) is 9.79 Å². The van der Waals surface area contributed by atoms with Crippen LogP contribution in [0.15, 0.2) is 47.4 Å². The van der Waals surface area contributed by atoms with Crippen LogP contribution in [-0.2, 0) is 14.2 Å². The summed E-state index contributed by atoms with van der Waals surface area (Å²) in [5, 5.41) is 0. The van der Waals surface area contributed by atoms with Crippen molar-refractivity contribution in [3.8, 4) is 5.75 Å². The van der Waals surface area contributed by atoms with Crippen molar-refractivity contribution in [3.63, 3.8) is 0 Å². The van der Waals surface area contributed by atoms with Crippen LogP contribution in [0.5, 0.6) is 5.75 Å². The molecule has 3 aliphatic heterocycles. The van der Waals surface area contributed by atoms with Crippen LogP contribution in [0.25, 0.3) is 0 Å². The van der Waals surface area contributed by atoms with Crippen LogP contribution in [-0.4, -0.2) is 75.3 Å². The lowest BCUT2D eigenvalue weighted by Gasteiger charge is -2.21. The smallest absolute Gasteiger partial charge is 0.404 e. The summed E-state index contributed by atoms with van der Waals surface area (Å²) in [6, 6.07) is 6.78. The molecule has 0 bridgehead atoms. The topological polar surface area (TPSA) is 110 Å². The molecule has 1 aromatic carbocycles. The average Bonchev–Trinajstić information content (AvgIpc) is 3.58. The molecule has 32 heavy (non-hydrogen) atoms. The summed E-state index contributed by atoms with van der Waals surface area (Å²) in [4.78, 5) is 47.6. The molecule has 1 aromatic rings. The molecule has 1 aliphatic carbocycles. The number of carbonyl (C=O) groups excluding carboxylic acids is 2. The maximum absolute atomic E-state index is 12.4. The van der Waals surface area contributed by atoms with E-state index in [1.807, 2.05) is 26.8 Å². The maximum atomic E-state index is 12.4. The molecule has 1 unspecified atom stereocenters. The Morgan fingerprint density at radius 1 is 0.938 bits per heavy atom. The standard InChI is InChI=1S/C12H13N3O2.C10H15O4P/c16-9-7-8(13-1-2-13)12(17)11(15-5-6-15)10(9)14-3-4-14;1-3-8(2)9-4-6-10(7-5-9)14-15(11,12)13/h7H,1-6H2;4-8H,3H2,1-2H3,(H2,11,12,13). The molecule has 10 heteroatoms. The summed E-state index contributed by atoms with van der Waals surface area (Å²) < 4.78 is 15.0. The van der Waals surface area contributed by atoms with E-state index in [0.29, 0.717) is 23.0 Å². The molecular weight excluding hydrogens is 433 g/mol. The highest BCUT2D eigenvalue weighted by Gasteiger charge is 2.43. The van der Waals surface area contributed by atoms with Crippen molar-refractivity contribution in [2.75, 3.05) is 39.3 Å². The van der Waals surface area contributed by atoms with E-state index in [9.17, 15) is 14.2 Å². The van der Waals surface area contributed by atoms with E-state index in [1.54, 1.807) is 12.1 Å². The van der Waals surface area contributed by atoms with Gasteiger partial charge in [0.2, 0.25) is 11.6 Å². The van der Waals surface area contributed by atoms with Gasteiger partial charge in [0.1, 0.15) is 17.1 Å². The number of rotatable bonds is 7. The third-order valence-electron chi connectivity index (χ3n) is 5.77. The molecule has 0 aromatic heterocycles. The summed E-state index contributed by atoms with van der Waals surface area (Å²) in [5.41, 5.74) is 3.02. The first-order valence-corrected chi connectivity index (χ1v) is 12.4. The summed E-state index contributed by atoms with van der Waals surface area (Å²) in [7, 11) is -4.43. The van der Waals surface area contributed by atoms with Gasteiger partial charge in [0.15, 0.2) is 0 Å². The highest BCUT2D eigenvalue weighted by atomic mass is 31.2. The monoisotopic (exact) mass is 461 g/mol. The molecule has 172 valence electrons. The van der Waals surface area contributed by atoms with Gasteiger partial charge in [0.05, 0.1) is 5.70 Å².